The second-order valence-electron chi connectivity index (χ2n) is 3.88. The minimum Gasteiger partial charge on any atom is -0.306 e. The van der Waals surface area contributed by atoms with Crippen LogP contribution < -0.4 is 0 Å². The van der Waals surface area contributed by atoms with Crippen LogP contribution in [0.5, 0.6) is 0 Å². The molecule has 0 radical (unpaired) electrons. The van der Waals surface area contributed by atoms with Crippen molar-refractivity contribution in [3.63, 3.8) is 0 Å². The predicted octanol–water partition coefficient (Wildman–Crippen LogP) is 2.55. The van der Waals surface area contributed by atoms with Crippen LogP contribution in [0.3, 0.4) is 0 Å². The molecule has 0 aromatic carbocycles. The van der Waals surface area contributed by atoms with Gasteiger partial charge in [-0.15, -0.1) is 0 Å². The van der Waals surface area contributed by atoms with Gasteiger partial charge in [-0.3, -0.25) is 0 Å². The number of hydrogen-bond donors (Lipinski definition) is 2. The predicted molar refractivity (Wildman–Crippen MR) is 68.2 cm³/mol. The Morgan fingerprint density at radius 1 is 0.562 bits per heavy atom. The van der Waals surface area contributed by atoms with Crippen LogP contribution in [0, 0.1) is 0 Å². The van der Waals surface area contributed by atoms with E-state index in [1.807, 2.05) is 0 Å². The summed E-state index contributed by atoms with van der Waals surface area (Å²) in [6.45, 7) is 0. The van der Waals surface area contributed by atoms with Crippen molar-refractivity contribution in [3.8, 4) is 0 Å². The first-order chi connectivity index (χ1) is 7.63. The topological polar surface area (TPSA) is 74.6 Å². The Bertz CT molecular complexity index is 187. The summed E-state index contributed by atoms with van der Waals surface area (Å²) >= 11 is -3.27. The molecule has 0 fully saturated rings. The molecule has 0 saturated carbocycles. The fourth-order valence-electron chi connectivity index (χ4n) is 1.51. The van der Waals surface area contributed by atoms with Crippen molar-refractivity contribution in [2.24, 2.45) is 0 Å². The molecule has 0 aliphatic carbocycles. The van der Waals surface area contributed by atoms with E-state index in [9.17, 15) is 8.42 Å². The Morgan fingerprint density at radius 3 is 1.06 bits per heavy atom. The summed E-state index contributed by atoms with van der Waals surface area (Å²) in [7, 11) is 0. The van der Waals surface area contributed by atoms with Gasteiger partial charge in [-0.05, 0) is 12.8 Å². The molecule has 2 N–H and O–H groups in total. The van der Waals surface area contributed by atoms with E-state index in [0.717, 1.165) is 51.4 Å². The van der Waals surface area contributed by atoms with Gasteiger partial charge in [0.15, 0.2) is 22.2 Å². The molecule has 16 heavy (non-hydrogen) atoms. The molecule has 4 nitrogen and oxygen atoms in total. The van der Waals surface area contributed by atoms with E-state index in [2.05, 4.69) is 0 Å². The number of hydrogen-bond acceptors (Lipinski definition) is 2. The normalized spacial score (nSPS) is 14.9. The fraction of sp³-hybridized carbons (Fsp3) is 1.00. The lowest BCUT2D eigenvalue weighted by Crippen LogP contribution is -1.95. The summed E-state index contributed by atoms with van der Waals surface area (Å²) in [6, 6.07) is 0. The Morgan fingerprint density at radius 2 is 0.812 bits per heavy atom. The molecule has 0 heterocycles. The first kappa shape index (κ1) is 16.2. The van der Waals surface area contributed by atoms with Crippen LogP contribution >= 0.6 is 0 Å². The van der Waals surface area contributed by atoms with E-state index in [1.165, 1.54) is 0 Å². The molecule has 0 aliphatic heterocycles. The van der Waals surface area contributed by atoms with Crippen LogP contribution in [-0.2, 0) is 22.2 Å². The fourth-order valence-corrected chi connectivity index (χ4v) is 2.41. The first-order valence-electron chi connectivity index (χ1n) is 5.78. The summed E-state index contributed by atoms with van der Waals surface area (Å²) < 4.78 is 37.7. The maximum atomic E-state index is 10.3. The van der Waals surface area contributed by atoms with Crippen molar-refractivity contribution in [1.29, 1.82) is 0 Å². The molecule has 2 atom stereocenters. The van der Waals surface area contributed by atoms with E-state index in [-0.39, 0.29) is 0 Å². The zero-order valence-corrected chi connectivity index (χ0v) is 11.2. The largest absolute Gasteiger partial charge is 0.306 e. The molecular weight excluding hydrogens is 248 g/mol. The highest BCUT2D eigenvalue weighted by atomic mass is 32.2. The van der Waals surface area contributed by atoms with Crippen LogP contribution in [0.2, 0.25) is 0 Å². The van der Waals surface area contributed by atoms with Crippen molar-refractivity contribution in [2.45, 2.75) is 51.4 Å². The van der Waals surface area contributed by atoms with E-state index in [0.29, 0.717) is 11.5 Å². The van der Waals surface area contributed by atoms with Gasteiger partial charge in [0.05, 0.1) is 0 Å². The highest BCUT2D eigenvalue weighted by molar-refractivity contribution is 7.79. The smallest absolute Gasteiger partial charge is 0.152 e. The molecule has 0 aromatic rings. The number of rotatable bonds is 11. The molecule has 2 unspecified atom stereocenters. The van der Waals surface area contributed by atoms with Gasteiger partial charge in [0.2, 0.25) is 0 Å². The average Bonchev–Trinajstić information content (AvgIpc) is 2.20. The maximum absolute atomic E-state index is 10.3. The summed E-state index contributed by atoms with van der Waals surface area (Å²) in [4.78, 5) is 0. The molecule has 0 saturated heterocycles. The standard InChI is InChI=1S/C10H22O4S2/c11-15(12)9-7-5-3-1-2-4-6-8-10-16(13)14/h1-10H2,(H,11,12)(H,13,14). The van der Waals surface area contributed by atoms with Gasteiger partial charge in [-0.25, -0.2) is 8.42 Å². The van der Waals surface area contributed by atoms with Crippen molar-refractivity contribution in [3.05, 3.63) is 0 Å². The summed E-state index contributed by atoms with van der Waals surface area (Å²) in [5, 5.41) is 0. The third-order valence-electron chi connectivity index (χ3n) is 2.39. The first-order valence-corrected chi connectivity index (χ1v) is 8.33. The minimum atomic E-state index is -1.63. The van der Waals surface area contributed by atoms with Crippen molar-refractivity contribution in [1.82, 2.24) is 0 Å². The van der Waals surface area contributed by atoms with Crippen molar-refractivity contribution >= 4 is 22.2 Å². The summed E-state index contributed by atoms with van der Waals surface area (Å²) in [5.41, 5.74) is 0. The van der Waals surface area contributed by atoms with E-state index >= 15 is 0 Å². The highest BCUT2D eigenvalue weighted by Crippen LogP contribution is 2.08. The van der Waals surface area contributed by atoms with E-state index in [4.69, 9.17) is 9.11 Å². The minimum absolute atomic E-state index is 0.391. The Labute approximate surface area is 103 Å². The average molecular weight is 270 g/mol. The second-order valence-corrected chi connectivity index (χ2v) is 5.98. The summed E-state index contributed by atoms with van der Waals surface area (Å²) in [6.07, 6.45) is 8.23. The molecule has 0 aliphatic rings. The highest BCUT2D eigenvalue weighted by Gasteiger charge is 1.96. The van der Waals surface area contributed by atoms with Crippen molar-refractivity contribution in [2.75, 3.05) is 11.5 Å². The van der Waals surface area contributed by atoms with Gasteiger partial charge in [0, 0.05) is 11.5 Å². The molecule has 0 spiro atoms. The monoisotopic (exact) mass is 270 g/mol. The maximum Gasteiger partial charge on any atom is 0.152 e. The molecule has 0 amide bonds. The molecule has 0 rings (SSSR count). The molecule has 0 aromatic heterocycles. The van der Waals surface area contributed by atoms with Crippen LogP contribution in [0.1, 0.15) is 51.4 Å². The lowest BCUT2D eigenvalue weighted by Gasteiger charge is -2.00. The Balaban J connectivity index is 2.98. The molecule has 98 valence electrons. The van der Waals surface area contributed by atoms with Gasteiger partial charge >= 0.3 is 0 Å². The van der Waals surface area contributed by atoms with Crippen molar-refractivity contribution < 1.29 is 17.5 Å². The quantitative estimate of drug-likeness (QED) is 0.447. The zero-order chi connectivity index (χ0) is 12.2. The van der Waals surface area contributed by atoms with Gasteiger partial charge in [0.1, 0.15) is 0 Å². The van der Waals surface area contributed by atoms with Crippen LogP contribution in [0.15, 0.2) is 0 Å². The molecular formula is C10H22O4S2. The molecule has 6 heteroatoms. The Hall–Kier alpha value is 0.220. The third-order valence-corrected chi connectivity index (χ3v) is 3.66. The lowest BCUT2D eigenvalue weighted by atomic mass is 10.1. The Kier molecular flexibility index (Phi) is 11.9. The number of unbranched alkanes of at least 4 members (excludes halogenated alkanes) is 7. The second kappa shape index (κ2) is 11.7. The van der Waals surface area contributed by atoms with Crippen LogP contribution in [0.25, 0.3) is 0 Å². The van der Waals surface area contributed by atoms with Crippen LogP contribution in [0.4, 0.5) is 0 Å². The lowest BCUT2D eigenvalue weighted by molar-refractivity contribution is 0.546. The van der Waals surface area contributed by atoms with Crippen LogP contribution in [-0.4, -0.2) is 29.0 Å². The third kappa shape index (κ3) is 14.2. The van der Waals surface area contributed by atoms with Gasteiger partial charge in [-0.1, -0.05) is 38.5 Å². The summed E-state index contributed by atoms with van der Waals surface area (Å²) in [5.74, 6) is 0.782. The van der Waals surface area contributed by atoms with Gasteiger partial charge in [-0.2, -0.15) is 0 Å². The zero-order valence-electron chi connectivity index (χ0n) is 9.60. The van der Waals surface area contributed by atoms with E-state index in [1.54, 1.807) is 0 Å². The van der Waals surface area contributed by atoms with E-state index < -0.39 is 22.2 Å². The SMILES string of the molecule is O=S(O)CCCCCCCCCCS(=O)O. The van der Waals surface area contributed by atoms with Gasteiger partial charge in [0.25, 0.3) is 0 Å². The van der Waals surface area contributed by atoms with Gasteiger partial charge < -0.3 is 9.11 Å². The molecule has 0 bridgehead atoms.